The van der Waals surface area contributed by atoms with Gasteiger partial charge in [-0.25, -0.2) is 8.42 Å². The molecule has 110 valence electrons. The van der Waals surface area contributed by atoms with E-state index in [9.17, 15) is 8.42 Å². The van der Waals surface area contributed by atoms with Crippen LogP contribution in [0.2, 0.25) is 0 Å². The molecule has 1 aliphatic heterocycles. The van der Waals surface area contributed by atoms with Crippen LogP contribution in [0.3, 0.4) is 0 Å². The topological polar surface area (TPSA) is 46.6 Å². The van der Waals surface area contributed by atoms with Crippen LogP contribution in [0, 0.1) is 0 Å². The molecule has 0 bridgehead atoms. The maximum Gasteiger partial charge on any atom is 0.244 e. The minimum atomic E-state index is -3.41. The molecular formula is C15H14BrNO3S. The molecule has 1 heterocycles. The van der Waals surface area contributed by atoms with Crippen LogP contribution in [0.5, 0.6) is 5.75 Å². The fraction of sp³-hybridized carbons (Fsp3) is 0.200. The number of sulfonamides is 1. The molecule has 2 aromatic carbocycles. The summed E-state index contributed by atoms with van der Waals surface area (Å²) in [4.78, 5) is 0.394. The van der Waals surface area contributed by atoms with Crippen LogP contribution < -0.4 is 4.74 Å². The molecule has 0 N–H and O–H groups in total. The third-order valence-electron chi connectivity index (χ3n) is 3.51. The predicted molar refractivity (Wildman–Crippen MR) is 83.6 cm³/mol. The summed E-state index contributed by atoms with van der Waals surface area (Å²) < 4.78 is 32.5. The molecule has 6 heteroatoms. The third-order valence-corrected chi connectivity index (χ3v) is 5.88. The predicted octanol–water partition coefficient (Wildman–Crippen LogP) is 3.16. The van der Waals surface area contributed by atoms with E-state index in [1.807, 2.05) is 36.4 Å². The van der Waals surface area contributed by atoms with E-state index < -0.39 is 10.0 Å². The third kappa shape index (κ3) is 2.71. The first-order valence-electron chi connectivity index (χ1n) is 6.42. The van der Waals surface area contributed by atoms with Gasteiger partial charge in [0, 0.05) is 17.6 Å². The summed E-state index contributed by atoms with van der Waals surface area (Å²) in [6, 6.07) is 12.8. The molecule has 0 spiro atoms. The van der Waals surface area contributed by atoms with E-state index in [1.165, 1.54) is 4.31 Å². The van der Waals surface area contributed by atoms with Crippen LogP contribution in [0.25, 0.3) is 0 Å². The zero-order chi connectivity index (χ0) is 15.0. The molecule has 0 fully saturated rings. The summed E-state index contributed by atoms with van der Waals surface area (Å²) in [6.07, 6.45) is 0. The van der Waals surface area contributed by atoms with Gasteiger partial charge in [0.15, 0.2) is 0 Å². The van der Waals surface area contributed by atoms with Gasteiger partial charge < -0.3 is 4.74 Å². The van der Waals surface area contributed by atoms with Gasteiger partial charge in [0.25, 0.3) is 0 Å². The Balaban J connectivity index is 1.88. The Morgan fingerprint density at radius 1 is 1.19 bits per heavy atom. The van der Waals surface area contributed by atoms with Gasteiger partial charge in [-0.1, -0.05) is 34.1 Å². The smallest absolute Gasteiger partial charge is 0.244 e. The largest absolute Gasteiger partial charge is 0.497 e. The lowest BCUT2D eigenvalue weighted by Gasteiger charge is -2.14. The lowest BCUT2D eigenvalue weighted by atomic mass is 10.2. The van der Waals surface area contributed by atoms with Crippen molar-refractivity contribution in [2.24, 2.45) is 0 Å². The maximum absolute atomic E-state index is 12.5. The van der Waals surface area contributed by atoms with Gasteiger partial charge in [-0.3, -0.25) is 0 Å². The van der Waals surface area contributed by atoms with Crippen molar-refractivity contribution in [1.82, 2.24) is 4.31 Å². The second kappa shape index (κ2) is 5.44. The summed E-state index contributed by atoms with van der Waals surface area (Å²) >= 11 is 3.32. The average molecular weight is 368 g/mol. The quantitative estimate of drug-likeness (QED) is 0.836. The highest BCUT2D eigenvalue weighted by Crippen LogP contribution is 2.33. The number of hydrogen-bond donors (Lipinski definition) is 0. The maximum atomic E-state index is 12.5. The molecule has 2 aromatic rings. The number of halogens is 1. The molecule has 1 aliphatic rings. The second-order valence-corrected chi connectivity index (χ2v) is 7.70. The van der Waals surface area contributed by atoms with Crippen molar-refractivity contribution < 1.29 is 13.2 Å². The van der Waals surface area contributed by atoms with Crippen molar-refractivity contribution in [3.63, 3.8) is 0 Å². The van der Waals surface area contributed by atoms with E-state index in [4.69, 9.17) is 4.74 Å². The first-order valence-corrected chi connectivity index (χ1v) is 8.65. The van der Waals surface area contributed by atoms with Crippen molar-refractivity contribution in [2.45, 2.75) is 18.0 Å². The van der Waals surface area contributed by atoms with E-state index in [2.05, 4.69) is 15.9 Å². The Kier molecular flexibility index (Phi) is 3.77. The first kappa shape index (κ1) is 14.6. The monoisotopic (exact) mass is 367 g/mol. The van der Waals surface area contributed by atoms with Gasteiger partial charge in [0.2, 0.25) is 10.0 Å². The molecule has 0 unspecified atom stereocenters. The van der Waals surface area contributed by atoms with Crippen LogP contribution in [0.1, 0.15) is 11.1 Å². The number of nitrogens with zero attached hydrogens (tertiary/aromatic N) is 1. The Hall–Kier alpha value is -1.37. The molecule has 0 aliphatic carbocycles. The number of fused-ring (bicyclic) bond motifs is 1. The van der Waals surface area contributed by atoms with E-state index in [0.717, 1.165) is 21.3 Å². The Labute approximate surface area is 132 Å². The molecule has 0 aromatic heterocycles. The van der Waals surface area contributed by atoms with Crippen molar-refractivity contribution >= 4 is 26.0 Å². The van der Waals surface area contributed by atoms with Crippen LogP contribution in [-0.2, 0) is 23.1 Å². The van der Waals surface area contributed by atoms with Crippen molar-refractivity contribution in [3.8, 4) is 5.75 Å². The van der Waals surface area contributed by atoms with E-state index >= 15 is 0 Å². The highest BCUT2D eigenvalue weighted by Gasteiger charge is 2.34. The number of hydrogen-bond acceptors (Lipinski definition) is 3. The highest BCUT2D eigenvalue weighted by atomic mass is 79.9. The lowest BCUT2D eigenvalue weighted by molar-refractivity contribution is 0.411. The molecule has 0 radical (unpaired) electrons. The summed E-state index contributed by atoms with van der Waals surface area (Å²) in [7, 11) is -1.81. The Morgan fingerprint density at radius 2 is 1.90 bits per heavy atom. The van der Waals surface area contributed by atoms with Crippen LogP contribution in [-0.4, -0.2) is 19.8 Å². The number of rotatable bonds is 3. The minimum Gasteiger partial charge on any atom is -0.497 e. The van der Waals surface area contributed by atoms with Crippen LogP contribution in [0.15, 0.2) is 51.8 Å². The molecular weight excluding hydrogens is 354 g/mol. The molecule has 0 amide bonds. The molecule has 21 heavy (non-hydrogen) atoms. The zero-order valence-corrected chi connectivity index (χ0v) is 13.8. The van der Waals surface area contributed by atoms with Crippen molar-refractivity contribution in [2.75, 3.05) is 7.11 Å². The molecule has 4 nitrogen and oxygen atoms in total. The minimum absolute atomic E-state index is 0.360. The van der Waals surface area contributed by atoms with Gasteiger partial charge in [0.1, 0.15) is 5.75 Å². The first-order chi connectivity index (χ1) is 10.0. The van der Waals surface area contributed by atoms with Gasteiger partial charge in [-0.15, -0.1) is 0 Å². The highest BCUT2D eigenvalue weighted by molar-refractivity contribution is 9.10. The fourth-order valence-electron chi connectivity index (χ4n) is 2.39. The van der Waals surface area contributed by atoms with Gasteiger partial charge in [-0.05, 0) is 35.4 Å². The molecule has 0 saturated heterocycles. The van der Waals surface area contributed by atoms with E-state index in [0.29, 0.717) is 18.0 Å². The summed E-state index contributed by atoms with van der Waals surface area (Å²) in [5.74, 6) is 0.759. The van der Waals surface area contributed by atoms with E-state index in [1.54, 1.807) is 13.2 Å². The van der Waals surface area contributed by atoms with Crippen LogP contribution in [0.4, 0.5) is 0 Å². The van der Waals surface area contributed by atoms with E-state index in [-0.39, 0.29) is 0 Å². The molecule has 0 saturated carbocycles. The number of benzene rings is 2. The standard InChI is InChI=1S/C15H14BrNO3S/c1-20-14-6-2-11(3-7-14)9-17-10-12-4-5-13(16)8-15(12)21(17,18)19/h2-8H,9-10H2,1H3. The Bertz CT molecular complexity index is 772. The normalized spacial score (nSPS) is 16.7. The van der Waals surface area contributed by atoms with Crippen LogP contribution >= 0.6 is 15.9 Å². The summed E-state index contributed by atoms with van der Waals surface area (Å²) in [5.41, 5.74) is 1.78. The molecule has 0 atom stereocenters. The SMILES string of the molecule is COc1ccc(CN2Cc3ccc(Br)cc3S2(=O)=O)cc1. The number of methoxy groups -OCH3 is 1. The number of ether oxygens (including phenoxy) is 1. The van der Waals surface area contributed by atoms with Gasteiger partial charge >= 0.3 is 0 Å². The summed E-state index contributed by atoms with van der Waals surface area (Å²) in [5, 5.41) is 0. The van der Waals surface area contributed by atoms with Gasteiger partial charge in [-0.2, -0.15) is 4.31 Å². The fourth-order valence-corrected chi connectivity index (χ4v) is 4.55. The zero-order valence-electron chi connectivity index (χ0n) is 11.4. The average Bonchev–Trinajstić information content (AvgIpc) is 2.71. The lowest BCUT2D eigenvalue weighted by Crippen LogP contribution is -2.23. The summed E-state index contributed by atoms with van der Waals surface area (Å²) in [6.45, 7) is 0.773. The molecule has 3 rings (SSSR count). The van der Waals surface area contributed by atoms with Crippen molar-refractivity contribution in [3.05, 3.63) is 58.1 Å². The van der Waals surface area contributed by atoms with Gasteiger partial charge in [0.05, 0.1) is 12.0 Å². The Morgan fingerprint density at radius 3 is 2.57 bits per heavy atom. The van der Waals surface area contributed by atoms with Crippen molar-refractivity contribution in [1.29, 1.82) is 0 Å². The second-order valence-electron chi connectivity index (χ2n) is 4.87.